The van der Waals surface area contributed by atoms with Crippen LogP contribution in [0.2, 0.25) is 0 Å². The van der Waals surface area contributed by atoms with Crippen molar-refractivity contribution in [1.82, 2.24) is 14.8 Å². The molecule has 2 aromatic heterocycles. The van der Waals surface area contributed by atoms with E-state index in [1.54, 1.807) is 36.9 Å². The number of azo groups is 1. The van der Waals surface area contributed by atoms with Crippen LogP contribution in [0.15, 0.2) is 76.2 Å². The second-order valence-corrected chi connectivity index (χ2v) is 9.14. The number of aromatic nitrogens is 3. The van der Waals surface area contributed by atoms with E-state index in [4.69, 9.17) is 14.6 Å². The van der Waals surface area contributed by atoms with Crippen molar-refractivity contribution in [2.24, 2.45) is 15.6 Å². The van der Waals surface area contributed by atoms with Crippen LogP contribution in [0.1, 0.15) is 29.9 Å². The molecule has 1 aliphatic heterocycles. The van der Waals surface area contributed by atoms with Gasteiger partial charge in [0.25, 0.3) is 0 Å². The maximum Gasteiger partial charge on any atom is 0.359 e. The highest BCUT2D eigenvalue weighted by atomic mass is 16.5. The van der Waals surface area contributed by atoms with Crippen LogP contribution in [0.5, 0.6) is 0 Å². The molecule has 1 aliphatic carbocycles. The number of benzene rings is 1. The van der Waals surface area contributed by atoms with Gasteiger partial charge in [0.1, 0.15) is 5.57 Å². The number of nitrogens with zero attached hydrogens (tertiary/aromatic N) is 5. The van der Waals surface area contributed by atoms with Crippen LogP contribution in [-0.4, -0.2) is 52.2 Å². The minimum Gasteiger partial charge on any atom is -0.466 e. The van der Waals surface area contributed by atoms with Crippen LogP contribution in [0.25, 0.3) is 17.1 Å². The Bertz CT molecular complexity index is 1460. The second-order valence-electron chi connectivity index (χ2n) is 9.14. The lowest BCUT2D eigenvalue weighted by molar-refractivity contribution is -0.139. The summed E-state index contributed by atoms with van der Waals surface area (Å²) < 4.78 is 11.5. The number of Topliss-reactive ketones (excluding diaryl/α,β-unsaturated/α-hetero) is 1. The molecule has 182 valence electrons. The van der Waals surface area contributed by atoms with Crippen molar-refractivity contribution < 1.29 is 23.9 Å². The van der Waals surface area contributed by atoms with Crippen molar-refractivity contribution in [3.8, 4) is 17.1 Å². The SMILES string of the molecule is COC(=O)C1=C(C(=O)OC)C2(N=N1)C(=O)c1c(nn(-c3ccccn3)c1-c1ccccc1)CC2(C)C. The molecule has 2 aliphatic rings. The largest absolute Gasteiger partial charge is 0.466 e. The average Bonchev–Trinajstić information content (AvgIpc) is 3.48. The van der Waals surface area contributed by atoms with E-state index in [1.165, 1.54) is 14.2 Å². The molecule has 0 radical (unpaired) electrons. The molecule has 0 bridgehead atoms. The van der Waals surface area contributed by atoms with Gasteiger partial charge < -0.3 is 9.47 Å². The molecule has 10 nitrogen and oxygen atoms in total. The first-order valence-corrected chi connectivity index (χ1v) is 11.2. The van der Waals surface area contributed by atoms with Gasteiger partial charge >= 0.3 is 11.9 Å². The molecule has 1 unspecified atom stereocenters. The summed E-state index contributed by atoms with van der Waals surface area (Å²) in [6.45, 7) is 3.58. The number of pyridine rings is 1. The molecule has 0 fully saturated rings. The predicted molar refractivity (Wildman–Crippen MR) is 127 cm³/mol. The summed E-state index contributed by atoms with van der Waals surface area (Å²) in [5.74, 6) is -1.73. The lowest BCUT2D eigenvalue weighted by Crippen LogP contribution is -2.56. The van der Waals surface area contributed by atoms with Gasteiger partial charge in [0, 0.05) is 23.6 Å². The Labute approximate surface area is 206 Å². The average molecular weight is 486 g/mol. The highest BCUT2D eigenvalue weighted by Crippen LogP contribution is 2.54. The van der Waals surface area contributed by atoms with Crippen LogP contribution < -0.4 is 0 Å². The van der Waals surface area contributed by atoms with Crippen LogP contribution in [0.4, 0.5) is 0 Å². The van der Waals surface area contributed by atoms with Gasteiger partial charge in [-0.2, -0.15) is 10.2 Å². The lowest BCUT2D eigenvalue weighted by Gasteiger charge is -2.43. The molecule has 0 saturated heterocycles. The van der Waals surface area contributed by atoms with E-state index in [0.29, 0.717) is 17.2 Å². The molecular weight excluding hydrogens is 462 g/mol. The number of carbonyl (C=O) groups is 3. The van der Waals surface area contributed by atoms with Crippen LogP contribution >= 0.6 is 0 Å². The summed E-state index contributed by atoms with van der Waals surface area (Å²) in [6, 6.07) is 14.7. The third kappa shape index (κ3) is 3.14. The van der Waals surface area contributed by atoms with E-state index >= 15 is 0 Å². The Balaban J connectivity index is 1.83. The third-order valence-corrected chi connectivity index (χ3v) is 6.68. The van der Waals surface area contributed by atoms with E-state index in [2.05, 4.69) is 15.2 Å². The molecule has 3 aromatic rings. The summed E-state index contributed by atoms with van der Waals surface area (Å²) in [4.78, 5) is 44.6. The Kier molecular flexibility index (Phi) is 5.39. The predicted octanol–water partition coefficient (Wildman–Crippen LogP) is 3.50. The first-order valence-electron chi connectivity index (χ1n) is 11.2. The third-order valence-electron chi connectivity index (χ3n) is 6.68. The van der Waals surface area contributed by atoms with Crippen molar-refractivity contribution in [1.29, 1.82) is 0 Å². The number of carbonyl (C=O) groups excluding carboxylic acids is 3. The van der Waals surface area contributed by atoms with Gasteiger partial charge in [0.2, 0.25) is 5.78 Å². The molecule has 36 heavy (non-hydrogen) atoms. The fourth-order valence-electron chi connectivity index (χ4n) is 4.98. The molecule has 1 atom stereocenters. The van der Waals surface area contributed by atoms with Crippen molar-refractivity contribution in [3.63, 3.8) is 0 Å². The van der Waals surface area contributed by atoms with Gasteiger partial charge in [-0.15, -0.1) is 5.11 Å². The summed E-state index contributed by atoms with van der Waals surface area (Å²) in [5, 5.41) is 13.1. The number of esters is 2. The Morgan fingerprint density at radius 3 is 2.31 bits per heavy atom. The van der Waals surface area contributed by atoms with Crippen molar-refractivity contribution in [2.75, 3.05) is 14.2 Å². The molecule has 1 spiro atoms. The Hall–Kier alpha value is -4.47. The second kappa shape index (κ2) is 8.33. The maximum absolute atomic E-state index is 14.6. The van der Waals surface area contributed by atoms with E-state index < -0.39 is 28.7 Å². The molecule has 0 amide bonds. The van der Waals surface area contributed by atoms with E-state index in [1.807, 2.05) is 36.4 Å². The van der Waals surface area contributed by atoms with E-state index in [0.717, 1.165) is 5.56 Å². The Morgan fingerprint density at radius 1 is 0.972 bits per heavy atom. The fourth-order valence-corrected chi connectivity index (χ4v) is 4.98. The minimum absolute atomic E-state index is 0.234. The zero-order chi connectivity index (χ0) is 25.7. The van der Waals surface area contributed by atoms with Crippen molar-refractivity contribution >= 4 is 17.7 Å². The molecule has 10 heteroatoms. The van der Waals surface area contributed by atoms with Gasteiger partial charge in [0.15, 0.2) is 17.1 Å². The molecule has 0 saturated carbocycles. The highest BCUT2D eigenvalue weighted by Gasteiger charge is 2.65. The topological polar surface area (TPSA) is 125 Å². The van der Waals surface area contributed by atoms with Gasteiger partial charge in [-0.25, -0.2) is 19.3 Å². The zero-order valence-electron chi connectivity index (χ0n) is 20.2. The van der Waals surface area contributed by atoms with Crippen LogP contribution in [-0.2, 0) is 25.5 Å². The first kappa shape index (κ1) is 23.3. The van der Waals surface area contributed by atoms with Gasteiger partial charge in [-0.3, -0.25) is 4.79 Å². The first-order chi connectivity index (χ1) is 17.3. The number of hydrogen-bond donors (Lipinski definition) is 0. The summed E-state index contributed by atoms with van der Waals surface area (Å²) in [5.41, 5.74) is -1.31. The van der Waals surface area contributed by atoms with Crippen LogP contribution in [0, 0.1) is 5.41 Å². The van der Waals surface area contributed by atoms with Gasteiger partial charge in [-0.1, -0.05) is 50.2 Å². The number of ether oxygens (including phenoxy) is 2. The number of hydrogen-bond acceptors (Lipinski definition) is 9. The minimum atomic E-state index is -1.81. The lowest BCUT2D eigenvalue weighted by atomic mass is 9.59. The number of ketones is 1. The zero-order valence-corrected chi connectivity index (χ0v) is 20.2. The quantitative estimate of drug-likeness (QED) is 0.518. The smallest absolute Gasteiger partial charge is 0.359 e. The van der Waals surface area contributed by atoms with E-state index in [-0.39, 0.29) is 23.3 Å². The summed E-state index contributed by atoms with van der Waals surface area (Å²) in [6.07, 6.45) is 1.91. The number of methoxy groups -OCH3 is 2. The fraction of sp³-hybridized carbons (Fsp3) is 0.269. The number of fused-ring (bicyclic) bond motifs is 1. The maximum atomic E-state index is 14.6. The molecule has 3 heterocycles. The van der Waals surface area contributed by atoms with Crippen LogP contribution in [0.3, 0.4) is 0 Å². The molecular formula is C26H23N5O5. The molecule has 5 rings (SSSR count). The normalized spacial score (nSPS) is 19.9. The van der Waals surface area contributed by atoms with Gasteiger partial charge in [-0.05, 0) is 12.1 Å². The van der Waals surface area contributed by atoms with Gasteiger partial charge in [0.05, 0.1) is 31.2 Å². The van der Waals surface area contributed by atoms with E-state index in [9.17, 15) is 14.4 Å². The Morgan fingerprint density at radius 2 is 1.67 bits per heavy atom. The molecule has 1 aromatic carbocycles. The van der Waals surface area contributed by atoms with Crippen molar-refractivity contribution in [3.05, 3.63) is 77.3 Å². The van der Waals surface area contributed by atoms with Crippen molar-refractivity contribution in [2.45, 2.75) is 25.8 Å². The number of rotatable bonds is 4. The highest BCUT2D eigenvalue weighted by molar-refractivity contribution is 6.18. The monoisotopic (exact) mass is 485 g/mol. The standard InChI is InChI=1S/C26H23N5O5/c1-25(2)14-16-18(22(32)26(25)19(23(33)35-3)20(28-30-26)24(34)36-4)21(15-10-6-5-7-11-15)31(29-16)17-12-8-9-13-27-17/h5-13H,14H2,1-4H3. The summed E-state index contributed by atoms with van der Waals surface area (Å²) in [7, 11) is 2.34. The molecule has 0 N–H and O–H groups in total. The summed E-state index contributed by atoms with van der Waals surface area (Å²) >= 11 is 0.